The molecule has 6 nitrogen and oxygen atoms in total. The molecule has 0 saturated heterocycles. The van der Waals surface area contributed by atoms with E-state index in [1.807, 2.05) is 79.7 Å². The normalized spacial score (nSPS) is 16.1. The van der Waals surface area contributed by atoms with E-state index in [2.05, 4.69) is 16.1 Å². The fraction of sp³-hybridized carbons (Fsp3) is 0.321. The Kier molecular flexibility index (Phi) is 8.17. The van der Waals surface area contributed by atoms with E-state index in [-0.39, 0.29) is 12.7 Å². The zero-order chi connectivity index (χ0) is 23.8. The van der Waals surface area contributed by atoms with Crippen molar-refractivity contribution in [1.82, 2.24) is 4.90 Å². The summed E-state index contributed by atoms with van der Waals surface area (Å²) in [7, 11) is 1.67. The summed E-state index contributed by atoms with van der Waals surface area (Å²) < 4.78 is 11.3. The molecule has 1 aliphatic rings. The minimum Gasteiger partial charge on any atom is -0.497 e. The van der Waals surface area contributed by atoms with Crippen LogP contribution < -0.4 is 9.47 Å². The average Bonchev–Trinajstić information content (AvgIpc) is 3.32. The summed E-state index contributed by atoms with van der Waals surface area (Å²) in [6.07, 6.45) is 0.000427. The molecule has 0 spiro atoms. The second kappa shape index (κ2) is 11.7. The molecule has 0 fully saturated rings. The van der Waals surface area contributed by atoms with Gasteiger partial charge in [0.05, 0.1) is 12.8 Å². The molecule has 4 rings (SSSR count). The zero-order valence-corrected chi connectivity index (χ0v) is 19.8. The lowest BCUT2D eigenvalue weighted by molar-refractivity contribution is 0.0212. The lowest BCUT2D eigenvalue weighted by atomic mass is 10.0. The zero-order valence-electron chi connectivity index (χ0n) is 19.8. The molecule has 0 bridgehead atoms. The maximum absolute atomic E-state index is 10.8. The molecule has 178 valence electrons. The van der Waals surface area contributed by atoms with Crippen molar-refractivity contribution in [2.45, 2.75) is 32.1 Å². The van der Waals surface area contributed by atoms with Crippen molar-refractivity contribution >= 4 is 5.71 Å². The number of oxime groups is 1. The Morgan fingerprint density at radius 3 is 2.65 bits per heavy atom. The first-order valence-electron chi connectivity index (χ1n) is 11.6. The second-order valence-corrected chi connectivity index (χ2v) is 8.61. The summed E-state index contributed by atoms with van der Waals surface area (Å²) in [5.74, 6) is 1.61. The van der Waals surface area contributed by atoms with E-state index < -0.39 is 6.10 Å². The Labute approximate surface area is 201 Å². The monoisotopic (exact) mass is 460 g/mol. The predicted molar refractivity (Wildman–Crippen MR) is 133 cm³/mol. The number of ether oxygens (including phenoxy) is 2. The van der Waals surface area contributed by atoms with Crippen molar-refractivity contribution in [2.75, 3.05) is 26.8 Å². The van der Waals surface area contributed by atoms with E-state index in [9.17, 15) is 5.11 Å². The van der Waals surface area contributed by atoms with E-state index in [1.54, 1.807) is 7.11 Å². The van der Waals surface area contributed by atoms with Crippen LogP contribution in [0.1, 0.15) is 23.1 Å². The van der Waals surface area contributed by atoms with Crippen LogP contribution in [0.4, 0.5) is 0 Å². The third kappa shape index (κ3) is 6.59. The summed E-state index contributed by atoms with van der Waals surface area (Å²) in [5.41, 5.74) is 4.19. The maximum atomic E-state index is 10.8. The van der Waals surface area contributed by atoms with Crippen LogP contribution >= 0.6 is 0 Å². The van der Waals surface area contributed by atoms with Gasteiger partial charge >= 0.3 is 0 Å². The van der Waals surface area contributed by atoms with Gasteiger partial charge in [-0.3, -0.25) is 4.90 Å². The first kappa shape index (κ1) is 23.8. The molecule has 2 atom stereocenters. The van der Waals surface area contributed by atoms with Crippen molar-refractivity contribution < 1.29 is 19.4 Å². The minimum atomic E-state index is -0.652. The number of hydrogen-bond donors (Lipinski definition) is 1. The molecule has 0 radical (unpaired) electrons. The van der Waals surface area contributed by atoms with Crippen LogP contribution in [0, 0.1) is 6.92 Å². The summed E-state index contributed by atoms with van der Waals surface area (Å²) in [5, 5.41) is 15.1. The smallest absolute Gasteiger partial charge is 0.145 e. The standard InChI is InChI=1S/C28H32N2O4/c1-21-9-6-7-14-28(21)33-20-24(31)18-30(17-22-10-8-13-25(15-22)32-2)19-26-16-27(29-34-26)23-11-4-3-5-12-23/h3-15,24,26,31H,16-20H2,1-2H3/t24-,26-/m0/s1. The fourth-order valence-corrected chi connectivity index (χ4v) is 4.10. The van der Waals surface area contributed by atoms with Crippen LogP contribution in [0.25, 0.3) is 0 Å². The van der Waals surface area contributed by atoms with Crippen molar-refractivity contribution in [3.63, 3.8) is 0 Å². The second-order valence-electron chi connectivity index (χ2n) is 8.61. The highest BCUT2D eigenvalue weighted by atomic mass is 16.6. The molecule has 1 aliphatic heterocycles. The first-order chi connectivity index (χ1) is 16.6. The first-order valence-corrected chi connectivity index (χ1v) is 11.6. The summed E-state index contributed by atoms with van der Waals surface area (Å²) in [6, 6.07) is 25.9. The van der Waals surface area contributed by atoms with Gasteiger partial charge in [-0.2, -0.15) is 0 Å². The number of hydrogen-bond acceptors (Lipinski definition) is 6. The van der Waals surface area contributed by atoms with Gasteiger partial charge in [0.25, 0.3) is 0 Å². The van der Waals surface area contributed by atoms with Crippen molar-refractivity contribution in [2.24, 2.45) is 5.16 Å². The highest BCUT2D eigenvalue weighted by molar-refractivity contribution is 6.01. The lowest BCUT2D eigenvalue weighted by Crippen LogP contribution is -2.39. The van der Waals surface area contributed by atoms with Crippen LogP contribution in [-0.4, -0.2) is 54.7 Å². The Hall–Kier alpha value is -3.35. The molecule has 3 aromatic rings. The van der Waals surface area contributed by atoms with Gasteiger partial charge in [-0.15, -0.1) is 0 Å². The number of methoxy groups -OCH3 is 1. The molecule has 3 aromatic carbocycles. The molecule has 6 heteroatoms. The van der Waals surface area contributed by atoms with Crippen LogP contribution in [0.3, 0.4) is 0 Å². The van der Waals surface area contributed by atoms with Gasteiger partial charge in [-0.25, -0.2) is 0 Å². The molecule has 1 heterocycles. The number of benzene rings is 3. The van der Waals surface area contributed by atoms with E-state index >= 15 is 0 Å². The quantitative estimate of drug-likeness (QED) is 0.458. The maximum Gasteiger partial charge on any atom is 0.145 e. The number of nitrogens with zero attached hydrogens (tertiary/aromatic N) is 2. The van der Waals surface area contributed by atoms with Gasteiger partial charge < -0.3 is 19.4 Å². The van der Waals surface area contributed by atoms with Crippen LogP contribution in [0.2, 0.25) is 0 Å². The van der Waals surface area contributed by atoms with Crippen LogP contribution in [0.15, 0.2) is 84.0 Å². The van der Waals surface area contributed by atoms with Gasteiger partial charge in [0.2, 0.25) is 0 Å². The summed E-state index contributed by atoms with van der Waals surface area (Å²) in [4.78, 5) is 7.96. The molecule has 0 unspecified atom stereocenters. The molecule has 1 N–H and O–H groups in total. The summed E-state index contributed by atoms with van der Waals surface area (Å²) in [6.45, 7) is 3.95. The van der Waals surface area contributed by atoms with Crippen LogP contribution in [0.5, 0.6) is 11.5 Å². The molecule has 0 aliphatic carbocycles. The van der Waals surface area contributed by atoms with Gasteiger partial charge in [0.15, 0.2) is 0 Å². The summed E-state index contributed by atoms with van der Waals surface area (Å²) >= 11 is 0. The fourth-order valence-electron chi connectivity index (χ4n) is 4.10. The van der Waals surface area contributed by atoms with E-state index in [4.69, 9.17) is 14.3 Å². The lowest BCUT2D eigenvalue weighted by Gasteiger charge is -2.27. The Bertz CT molecular complexity index is 1090. The molecule has 0 aromatic heterocycles. The minimum absolute atomic E-state index is 0.0784. The molecular weight excluding hydrogens is 428 g/mol. The van der Waals surface area contributed by atoms with Gasteiger partial charge in [0, 0.05) is 26.1 Å². The van der Waals surface area contributed by atoms with Crippen LogP contribution in [-0.2, 0) is 11.4 Å². The van der Waals surface area contributed by atoms with E-state index in [0.29, 0.717) is 19.6 Å². The highest BCUT2D eigenvalue weighted by Crippen LogP contribution is 2.21. The van der Waals surface area contributed by atoms with Crippen molar-refractivity contribution in [3.8, 4) is 11.5 Å². The number of aliphatic hydroxyl groups is 1. The predicted octanol–water partition coefficient (Wildman–Crippen LogP) is 4.44. The Balaban J connectivity index is 1.39. The molecular formula is C28H32N2O4. The van der Waals surface area contributed by atoms with Gasteiger partial charge in [0.1, 0.15) is 30.3 Å². The molecule has 34 heavy (non-hydrogen) atoms. The molecule has 0 saturated carbocycles. The number of aliphatic hydroxyl groups excluding tert-OH is 1. The van der Waals surface area contributed by atoms with Crippen molar-refractivity contribution in [1.29, 1.82) is 0 Å². The third-order valence-corrected chi connectivity index (χ3v) is 5.84. The number of para-hydroxylation sites is 1. The number of rotatable bonds is 11. The van der Waals surface area contributed by atoms with Crippen molar-refractivity contribution in [3.05, 3.63) is 95.6 Å². The van der Waals surface area contributed by atoms with Gasteiger partial charge in [-0.05, 0) is 41.8 Å². The highest BCUT2D eigenvalue weighted by Gasteiger charge is 2.26. The van der Waals surface area contributed by atoms with Gasteiger partial charge in [-0.1, -0.05) is 65.8 Å². The Morgan fingerprint density at radius 2 is 1.85 bits per heavy atom. The SMILES string of the molecule is COc1cccc(CN(C[C@H](O)COc2ccccc2C)C[C@@H]2CC(c3ccccc3)=NO2)c1. The third-order valence-electron chi connectivity index (χ3n) is 5.84. The Morgan fingerprint density at radius 1 is 1.06 bits per heavy atom. The number of aryl methyl sites for hydroxylation is 1. The van der Waals surface area contributed by atoms with E-state index in [1.165, 1.54) is 0 Å². The topological polar surface area (TPSA) is 63.5 Å². The van der Waals surface area contributed by atoms with E-state index in [0.717, 1.165) is 40.3 Å². The molecule has 0 amide bonds. The largest absolute Gasteiger partial charge is 0.497 e. The average molecular weight is 461 g/mol.